The normalized spacial score (nSPS) is 16.6. The van der Waals surface area contributed by atoms with Crippen molar-refractivity contribution in [2.24, 2.45) is 0 Å². The molecule has 20 heavy (non-hydrogen) atoms. The first-order valence-electron chi connectivity index (χ1n) is 5.29. The fourth-order valence-corrected chi connectivity index (χ4v) is 5.68. The topological polar surface area (TPSA) is 58.2 Å². The number of amides is 2. The molecule has 0 saturated carbocycles. The van der Waals surface area contributed by atoms with E-state index in [1.807, 2.05) is 5.41 Å². The van der Waals surface area contributed by atoms with Crippen molar-refractivity contribution in [3.63, 3.8) is 0 Å². The molecule has 0 spiro atoms. The van der Waals surface area contributed by atoms with Gasteiger partial charge in [-0.15, -0.1) is 0 Å². The minimum absolute atomic E-state index is 0. The second-order valence-corrected chi connectivity index (χ2v) is 7.76. The van der Waals surface area contributed by atoms with Gasteiger partial charge in [0.05, 0.1) is 14.9 Å². The zero-order valence-electron chi connectivity index (χ0n) is 10.5. The largest absolute Gasteiger partial charge is 0.481 e. The van der Waals surface area contributed by atoms with Gasteiger partial charge in [0.2, 0.25) is 0 Å². The van der Waals surface area contributed by atoms with Crippen molar-refractivity contribution < 1.29 is 42.3 Å². The molecule has 0 unspecified atom stereocenters. The molecule has 1 radical (unpaired) electrons. The summed E-state index contributed by atoms with van der Waals surface area (Å²) in [7, 11) is 1.51. The summed E-state index contributed by atoms with van der Waals surface area (Å²) < 4.78 is 2.48. The second-order valence-electron chi connectivity index (χ2n) is 3.39. The molecule has 2 aliphatic rings. The molecule has 4 nitrogen and oxygen atoms in total. The smallest absolute Gasteiger partial charge is 0.199 e. The van der Waals surface area contributed by atoms with Gasteiger partial charge in [-0.05, 0) is 16.2 Å². The van der Waals surface area contributed by atoms with E-state index in [-0.39, 0.29) is 44.5 Å². The van der Waals surface area contributed by atoms with Gasteiger partial charge in [0.15, 0.2) is 5.91 Å². The van der Waals surface area contributed by atoms with Crippen LogP contribution in [0.2, 0.25) is 0 Å². The third-order valence-corrected chi connectivity index (χ3v) is 7.11. The SMILES string of the molecule is CNC(=O)[CH-]NC(=O)CC1=CSC(=C2SC=CS2)S1.[Y]. The first kappa shape index (κ1) is 18.6. The number of carbonyl (C=O) groups is 2. The summed E-state index contributed by atoms with van der Waals surface area (Å²) in [5.41, 5.74) is 0. The fraction of sp³-hybridized carbons (Fsp3) is 0.182. The Kier molecular flexibility index (Phi) is 8.86. The maximum Gasteiger partial charge on any atom is 0.199 e. The number of hydrogen-bond donors (Lipinski definition) is 2. The maximum atomic E-state index is 11.6. The Bertz CT molecular complexity index is 481. The Morgan fingerprint density at radius 1 is 1.20 bits per heavy atom. The van der Waals surface area contributed by atoms with Crippen LogP contribution in [0.25, 0.3) is 0 Å². The first-order valence-corrected chi connectivity index (χ1v) is 8.75. The van der Waals surface area contributed by atoms with Crippen LogP contribution in [0.3, 0.4) is 0 Å². The van der Waals surface area contributed by atoms with Crippen LogP contribution in [0.5, 0.6) is 0 Å². The molecule has 0 aromatic rings. The Morgan fingerprint density at radius 2 is 1.90 bits per heavy atom. The third kappa shape index (κ3) is 5.73. The van der Waals surface area contributed by atoms with Crippen LogP contribution in [0.1, 0.15) is 6.42 Å². The number of hydrogen-bond acceptors (Lipinski definition) is 6. The minimum atomic E-state index is -0.316. The van der Waals surface area contributed by atoms with Gasteiger partial charge in [0, 0.05) is 44.7 Å². The van der Waals surface area contributed by atoms with Crippen LogP contribution in [-0.2, 0) is 42.3 Å². The molecule has 2 heterocycles. The summed E-state index contributed by atoms with van der Waals surface area (Å²) in [5.74, 6) is -0.498. The number of thioether (sulfide) groups is 4. The summed E-state index contributed by atoms with van der Waals surface area (Å²) in [5, 5.41) is 11.0. The number of carbonyl (C=O) groups excluding carboxylic acids is 2. The van der Waals surface area contributed by atoms with E-state index in [0.717, 1.165) is 11.4 Å². The van der Waals surface area contributed by atoms with Gasteiger partial charge >= 0.3 is 0 Å². The zero-order valence-corrected chi connectivity index (χ0v) is 16.6. The van der Waals surface area contributed by atoms with Crippen molar-refractivity contribution in [2.75, 3.05) is 7.05 Å². The van der Waals surface area contributed by atoms with E-state index in [4.69, 9.17) is 0 Å². The van der Waals surface area contributed by atoms with E-state index in [1.54, 1.807) is 47.0 Å². The Morgan fingerprint density at radius 3 is 2.55 bits per heavy atom. The van der Waals surface area contributed by atoms with E-state index < -0.39 is 0 Å². The van der Waals surface area contributed by atoms with Crippen molar-refractivity contribution in [1.82, 2.24) is 10.6 Å². The van der Waals surface area contributed by atoms with Crippen LogP contribution >= 0.6 is 47.0 Å². The predicted octanol–water partition coefficient (Wildman–Crippen LogP) is 2.80. The minimum Gasteiger partial charge on any atom is -0.481 e. The monoisotopic (exact) mass is 420 g/mol. The van der Waals surface area contributed by atoms with Gasteiger partial charge in [0.25, 0.3) is 0 Å². The molecule has 0 saturated heterocycles. The molecule has 0 fully saturated rings. The summed E-state index contributed by atoms with van der Waals surface area (Å²) in [4.78, 5) is 23.6. The average molecular weight is 420 g/mol. The van der Waals surface area contributed by atoms with Crippen molar-refractivity contribution in [3.05, 3.63) is 36.1 Å². The molecule has 2 N–H and O–H groups in total. The van der Waals surface area contributed by atoms with Crippen molar-refractivity contribution in [3.8, 4) is 0 Å². The summed E-state index contributed by atoms with van der Waals surface area (Å²) in [6.07, 6.45) is 0.296. The average Bonchev–Trinajstić information content (AvgIpc) is 3.06. The molecule has 2 rings (SSSR count). The summed E-state index contributed by atoms with van der Waals surface area (Å²) in [6, 6.07) is 0. The molecule has 0 aromatic heterocycles. The molecule has 0 atom stereocenters. The van der Waals surface area contributed by atoms with Crippen LogP contribution in [0, 0.1) is 6.54 Å². The number of likely N-dealkylation sites (N-methyl/N-ethyl adjacent to an activating group) is 1. The van der Waals surface area contributed by atoms with Gasteiger partial charge in [0.1, 0.15) is 5.91 Å². The van der Waals surface area contributed by atoms with Gasteiger partial charge in [-0.2, -0.15) is 0 Å². The first-order chi connectivity index (χ1) is 9.19. The van der Waals surface area contributed by atoms with Crippen LogP contribution < -0.4 is 10.6 Å². The van der Waals surface area contributed by atoms with Gasteiger partial charge in [-0.3, -0.25) is 4.79 Å². The zero-order chi connectivity index (χ0) is 13.7. The third-order valence-electron chi connectivity index (χ3n) is 2.04. The van der Waals surface area contributed by atoms with Crippen molar-refractivity contribution in [2.45, 2.75) is 6.42 Å². The molecular formula is C11H11N2O2S4Y-. The predicted molar refractivity (Wildman–Crippen MR) is 85.7 cm³/mol. The molecule has 0 aliphatic carbocycles. The van der Waals surface area contributed by atoms with Gasteiger partial charge in [-0.25, -0.2) is 6.54 Å². The van der Waals surface area contributed by atoms with Gasteiger partial charge in [-0.1, -0.05) is 47.0 Å². The second kappa shape index (κ2) is 9.53. The Balaban J connectivity index is 0.00000200. The molecule has 9 heteroatoms. The maximum absolute atomic E-state index is 11.6. The van der Waals surface area contributed by atoms with Crippen LogP contribution in [-0.4, -0.2) is 18.9 Å². The molecule has 0 bridgehead atoms. The van der Waals surface area contributed by atoms with E-state index in [1.165, 1.54) is 15.5 Å². The van der Waals surface area contributed by atoms with Crippen LogP contribution in [0.15, 0.2) is 29.6 Å². The molecule has 2 aliphatic heterocycles. The Hall–Kier alpha value is 0.534. The van der Waals surface area contributed by atoms with E-state index in [0.29, 0.717) is 6.42 Å². The standard InChI is InChI=1S/C11H11N2O2S4.Y/c1-12-9(15)5-13-8(14)4-7-6-18-11(19-7)10-16-2-3-17-10;/h2-3,5-6H,4H2,1H3,(H,12,15)(H,13,14);/q-1;. The molecule has 2 amide bonds. The summed E-state index contributed by atoms with van der Waals surface area (Å²) in [6.45, 7) is 1.14. The Labute approximate surface area is 160 Å². The van der Waals surface area contributed by atoms with Crippen LogP contribution in [0.4, 0.5) is 0 Å². The molecule has 0 aromatic carbocycles. The summed E-state index contributed by atoms with van der Waals surface area (Å²) >= 11 is 6.68. The molecular weight excluding hydrogens is 409 g/mol. The van der Waals surface area contributed by atoms with E-state index >= 15 is 0 Å². The van der Waals surface area contributed by atoms with E-state index in [2.05, 4.69) is 21.4 Å². The van der Waals surface area contributed by atoms with Crippen molar-refractivity contribution >= 4 is 58.9 Å². The van der Waals surface area contributed by atoms with Gasteiger partial charge < -0.3 is 15.4 Å². The number of nitrogens with one attached hydrogen (secondary N) is 2. The number of rotatable bonds is 4. The quantitative estimate of drug-likeness (QED) is 0.683. The fourth-order valence-electron chi connectivity index (χ4n) is 1.18. The van der Waals surface area contributed by atoms with Crippen molar-refractivity contribution in [1.29, 1.82) is 0 Å². The molecule has 105 valence electrons. The van der Waals surface area contributed by atoms with E-state index in [9.17, 15) is 9.59 Å².